The molecule has 1 saturated heterocycles. The van der Waals surface area contributed by atoms with Gasteiger partial charge in [-0.2, -0.15) is 0 Å². The smallest absolute Gasteiger partial charge is 0.0623 e. The third-order valence-electron chi connectivity index (χ3n) is 4.74. The molecule has 0 amide bonds. The molecule has 2 N–H and O–H groups in total. The molecule has 0 aromatic carbocycles. The molecule has 3 aliphatic rings. The number of hydrogen-bond acceptors (Lipinski definition) is 4. The van der Waals surface area contributed by atoms with E-state index < -0.39 is 0 Å². The summed E-state index contributed by atoms with van der Waals surface area (Å²) < 4.78 is 11.3. The number of hydrogen-bond donors (Lipinski definition) is 2. The monoisotopic (exact) mass is 304 g/mol. The summed E-state index contributed by atoms with van der Waals surface area (Å²) in [5.41, 5.74) is 0. The van der Waals surface area contributed by atoms with Gasteiger partial charge in [-0.05, 0) is 37.5 Å². The molecule has 2 saturated carbocycles. The van der Waals surface area contributed by atoms with Crippen molar-refractivity contribution in [2.24, 2.45) is 11.8 Å². The average Bonchev–Trinajstić information content (AvgIpc) is 3.16. The maximum absolute atomic E-state index is 5.70. The third-order valence-corrected chi connectivity index (χ3v) is 4.74. The van der Waals surface area contributed by atoms with Gasteiger partial charge >= 0.3 is 0 Å². The summed E-state index contributed by atoms with van der Waals surface area (Å²) in [6, 6.07) is 1.21. The minimum absolute atomic E-state index is 0. The molecule has 3 rings (SSSR count). The van der Waals surface area contributed by atoms with E-state index in [1.54, 1.807) is 0 Å². The van der Waals surface area contributed by atoms with Crippen LogP contribution in [0, 0.1) is 11.8 Å². The first-order valence-electron chi connectivity index (χ1n) is 8.06. The molecule has 1 heterocycles. The molecule has 2 aliphatic carbocycles. The molecule has 0 aromatic rings. The van der Waals surface area contributed by atoms with Crippen molar-refractivity contribution in [1.29, 1.82) is 0 Å². The van der Waals surface area contributed by atoms with Crippen molar-refractivity contribution >= 4 is 12.4 Å². The fraction of sp³-hybridized carbons (Fsp3) is 1.00. The van der Waals surface area contributed by atoms with Crippen LogP contribution in [0.1, 0.15) is 32.1 Å². The van der Waals surface area contributed by atoms with Gasteiger partial charge in [0.1, 0.15) is 0 Å². The van der Waals surface area contributed by atoms with Gasteiger partial charge in [-0.1, -0.05) is 6.42 Å². The van der Waals surface area contributed by atoms with Crippen molar-refractivity contribution < 1.29 is 9.47 Å². The normalized spacial score (nSPS) is 33.9. The number of halogens is 1. The lowest BCUT2D eigenvalue weighted by Gasteiger charge is -2.33. The van der Waals surface area contributed by atoms with Crippen molar-refractivity contribution in [3.05, 3.63) is 0 Å². The Morgan fingerprint density at radius 3 is 2.85 bits per heavy atom. The van der Waals surface area contributed by atoms with Crippen LogP contribution in [0.5, 0.6) is 0 Å². The van der Waals surface area contributed by atoms with E-state index >= 15 is 0 Å². The molecule has 0 aromatic heterocycles. The van der Waals surface area contributed by atoms with Gasteiger partial charge in [-0.3, -0.25) is 0 Å². The van der Waals surface area contributed by atoms with Gasteiger partial charge in [0.25, 0.3) is 0 Å². The van der Waals surface area contributed by atoms with Gasteiger partial charge in [0.05, 0.1) is 19.8 Å². The predicted molar refractivity (Wildman–Crippen MR) is 82.5 cm³/mol. The van der Waals surface area contributed by atoms with E-state index in [9.17, 15) is 0 Å². The Labute approximate surface area is 128 Å². The van der Waals surface area contributed by atoms with E-state index in [0.717, 1.165) is 51.4 Å². The summed E-state index contributed by atoms with van der Waals surface area (Å²) >= 11 is 0. The minimum atomic E-state index is 0. The van der Waals surface area contributed by atoms with Crippen LogP contribution in [0.15, 0.2) is 0 Å². The van der Waals surface area contributed by atoms with E-state index in [-0.39, 0.29) is 12.4 Å². The second kappa shape index (κ2) is 8.54. The first-order valence-corrected chi connectivity index (χ1v) is 8.06. The summed E-state index contributed by atoms with van der Waals surface area (Å²) in [6.45, 7) is 5.62. The maximum atomic E-state index is 5.70. The van der Waals surface area contributed by atoms with Crippen LogP contribution in [-0.4, -0.2) is 51.6 Å². The Balaban J connectivity index is 0.00000147. The van der Waals surface area contributed by atoms with Gasteiger partial charge < -0.3 is 20.1 Å². The van der Waals surface area contributed by atoms with E-state index in [4.69, 9.17) is 9.47 Å². The summed E-state index contributed by atoms with van der Waals surface area (Å²) in [4.78, 5) is 0. The van der Waals surface area contributed by atoms with Crippen LogP contribution in [0.3, 0.4) is 0 Å². The molecular weight excluding hydrogens is 276 g/mol. The van der Waals surface area contributed by atoms with Gasteiger partial charge in [0.15, 0.2) is 0 Å². The molecule has 0 bridgehead atoms. The van der Waals surface area contributed by atoms with E-state index in [2.05, 4.69) is 10.6 Å². The quantitative estimate of drug-likeness (QED) is 0.701. The lowest BCUT2D eigenvalue weighted by molar-refractivity contribution is 0.0514. The number of morpholine rings is 1. The van der Waals surface area contributed by atoms with Gasteiger partial charge in [-0.25, -0.2) is 0 Å². The third kappa shape index (κ3) is 4.85. The van der Waals surface area contributed by atoms with E-state index in [1.807, 2.05) is 0 Å². The van der Waals surface area contributed by atoms with E-state index in [0.29, 0.717) is 12.1 Å². The Hall–Kier alpha value is 0.130. The van der Waals surface area contributed by atoms with Crippen LogP contribution in [-0.2, 0) is 9.47 Å². The first-order chi connectivity index (χ1) is 9.43. The van der Waals surface area contributed by atoms with Crippen molar-refractivity contribution in [3.63, 3.8) is 0 Å². The zero-order valence-electron chi connectivity index (χ0n) is 12.3. The largest absolute Gasteiger partial charge is 0.380 e. The molecule has 5 heteroatoms. The molecule has 0 spiro atoms. The van der Waals surface area contributed by atoms with Crippen molar-refractivity contribution in [3.8, 4) is 0 Å². The number of nitrogens with one attached hydrogen (secondary N) is 2. The molecule has 20 heavy (non-hydrogen) atoms. The zero-order valence-corrected chi connectivity index (χ0v) is 13.1. The van der Waals surface area contributed by atoms with Crippen LogP contribution in [0.2, 0.25) is 0 Å². The summed E-state index contributed by atoms with van der Waals surface area (Å²) in [5.74, 6) is 1.62. The molecule has 0 radical (unpaired) electrons. The SMILES string of the molecule is C1CC(NCCOCC2CC2)C(C2COCCN2)C1.Cl. The molecule has 3 atom stereocenters. The van der Waals surface area contributed by atoms with Gasteiger partial charge in [-0.15, -0.1) is 12.4 Å². The highest BCUT2D eigenvalue weighted by molar-refractivity contribution is 5.85. The van der Waals surface area contributed by atoms with Crippen LogP contribution < -0.4 is 10.6 Å². The molecule has 3 fully saturated rings. The van der Waals surface area contributed by atoms with Crippen LogP contribution >= 0.6 is 12.4 Å². The Morgan fingerprint density at radius 2 is 2.10 bits per heavy atom. The summed E-state index contributed by atoms with van der Waals surface area (Å²) in [7, 11) is 0. The summed E-state index contributed by atoms with van der Waals surface area (Å²) in [6.07, 6.45) is 6.76. The fourth-order valence-corrected chi connectivity index (χ4v) is 3.44. The maximum Gasteiger partial charge on any atom is 0.0623 e. The van der Waals surface area contributed by atoms with Crippen molar-refractivity contribution in [2.45, 2.75) is 44.2 Å². The topological polar surface area (TPSA) is 42.5 Å². The van der Waals surface area contributed by atoms with Crippen LogP contribution in [0.4, 0.5) is 0 Å². The molecular formula is C15H29ClN2O2. The molecule has 4 nitrogen and oxygen atoms in total. The molecule has 118 valence electrons. The number of rotatable bonds is 7. The molecule has 3 unspecified atom stereocenters. The number of ether oxygens (including phenoxy) is 2. The lowest BCUT2D eigenvalue weighted by Crippen LogP contribution is -2.51. The first kappa shape index (κ1) is 16.5. The van der Waals surface area contributed by atoms with Crippen molar-refractivity contribution in [1.82, 2.24) is 10.6 Å². The Kier molecular flexibility index (Phi) is 7.05. The highest BCUT2D eigenvalue weighted by atomic mass is 35.5. The lowest BCUT2D eigenvalue weighted by atomic mass is 9.94. The fourth-order valence-electron chi connectivity index (χ4n) is 3.44. The molecule has 1 aliphatic heterocycles. The van der Waals surface area contributed by atoms with Crippen LogP contribution in [0.25, 0.3) is 0 Å². The predicted octanol–water partition coefficient (Wildman–Crippen LogP) is 1.58. The van der Waals surface area contributed by atoms with Crippen molar-refractivity contribution in [2.75, 3.05) is 39.5 Å². The summed E-state index contributed by atoms with van der Waals surface area (Å²) in [5, 5.41) is 7.32. The standard InChI is InChI=1S/C15H28N2O2.ClH/c1-2-13(15-11-19-9-7-17-15)14(3-1)16-6-8-18-10-12-4-5-12;/h12-17H,1-11H2;1H. The zero-order chi connectivity index (χ0) is 12.9. The Bertz CT molecular complexity index is 271. The van der Waals surface area contributed by atoms with E-state index in [1.165, 1.54) is 32.1 Å². The second-order valence-corrected chi connectivity index (χ2v) is 6.31. The highest BCUT2D eigenvalue weighted by Crippen LogP contribution is 2.30. The van der Waals surface area contributed by atoms with Gasteiger partial charge in [0.2, 0.25) is 0 Å². The Morgan fingerprint density at radius 1 is 1.20 bits per heavy atom. The highest BCUT2D eigenvalue weighted by Gasteiger charge is 2.34. The minimum Gasteiger partial charge on any atom is -0.380 e. The van der Waals surface area contributed by atoms with Gasteiger partial charge in [0, 0.05) is 31.8 Å². The average molecular weight is 305 g/mol. The second-order valence-electron chi connectivity index (χ2n) is 6.31.